The number of nitrogens with one attached hydrogen (secondary N) is 3. The molecule has 0 saturated heterocycles. The average molecular weight is 270 g/mol. The Morgan fingerprint density at radius 3 is 2.16 bits per heavy atom. The summed E-state index contributed by atoms with van der Waals surface area (Å²) in [4.78, 5) is 15.8. The number of aliphatic imine (C=N–C) groups is 1. The standard InChI is InChI=1S/C14H30N4O/c1-7-11(8-2)9-16-13(15-6)17-10-12(19)18-14(3,4)5/h11H,7-10H2,1-6H3,(H,18,19)(H2,15,16,17). The maximum absolute atomic E-state index is 11.7. The Bertz CT molecular complexity index is 290. The third-order valence-electron chi connectivity index (χ3n) is 2.87. The number of rotatable bonds is 6. The van der Waals surface area contributed by atoms with Crippen LogP contribution in [0.5, 0.6) is 0 Å². The molecule has 0 rings (SSSR count). The molecule has 0 atom stereocenters. The van der Waals surface area contributed by atoms with E-state index >= 15 is 0 Å². The largest absolute Gasteiger partial charge is 0.356 e. The Labute approximate surface area is 117 Å². The van der Waals surface area contributed by atoms with E-state index in [0.717, 1.165) is 19.4 Å². The lowest BCUT2D eigenvalue weighted by molar-refractivity contribution is -0.121. The zero-order valence-corrected chi connectivity index (χ0v) is 13.3. The van der Waals surface area contributed by atoms with E-state index in [0.29, 0.717) is 11.9 Å². The minimum atomic E-state index is -0.203. The van der Waals surface area contributed by atoms with Crippen LogP contribution >= 0.6 is 0 Å². The zero-order chi connectivity index (χ0) is 14.9. The number of amides is 1. The first-order valence-corrected chi connectivity index (χ1v) is 7.07. The van der Waals surface area contributed by atoms with Crippen molar-refractivity contribution in [1.82, 2.24) is 16.0 Å². The number of carbonyl (C=O) groups is 1. The van der Waals surface area contributed by atoms with Gasteiger partial charge in [0.25, 0.3) is 0 Å². The second kappa shape index (κ2) is 8.77. The predicted molar refractivity (Wildman–Crippen MR) is 81.3 cm³/mol. The van der Waals surface area contributed by atoms with E-state index in [4.69, 9.17) is 0 Å². The lowest BCUT2D eigenvalue weighted by atomic mass is 10.0. The first-order chi connectivity index (χ1) is 8.82. The van der Waals surface area contributed by atoms with Crippen LogP contribution in [-0.2, 0) is 4.79 Å². The number of guanidine groups is 1. The number of carbonyl (C=O) groups excluding carboxylic acids is 1. The third-order valence-corrected chi connectivity index (χ3v) is 2.87. The van der Waals surface area contributed by atoms with E-state index in [1.165, 1.54) is 0 Å². The molecule has 3 N–H and O–H groups in total. The number of hydrogen-bond donors (Lipinski definition) is 3. The average Bonchev–Trinajstić information content (AvgIpc) is 2.31. The Morgan fingerprint density at radius 2 is 1.74 bits per heavy atom. The van der Waals surface area contributed by atoms with E-state index in [2.05, 4.69) is 34.8 Å². The monoisotopic (exact) mass is 270 g/mol. The number of nitrogens with zero attached hydrogens (tertiary/aromatic N) is 1. The smallest absolute Gasteiger partial charge is 0.239 e. The van der Waals surface area contributed by atoms with Gasteiger partial charge < -0.3 is 16.0 Å². The van der Waals surface area contributed by atoms with Gasteiger partial charge in [0, 0.05) is 19.1 Å². The Kier molecular flexibility index (Phi) is 8.19. The van der Waals surface area contributed by atoms with Gasteiger partial charge in [-0.2, -0.15) is 0 Å². The molecule has 0 aliphatic rings. The van der Waals surface area contributed by atoms with Crippen LogP contribution in [0, 0.1) is 5.92 Å². The van der Waals surface area contributed by atoms with Gasteiger partial charge in [-0.15, -0.1) is 0 Å². The van der Waals surface area contributed by atoms with E-state index in [1.807, 2.05) is 20.8 Å². The molecule has 1 amide bonds. The molecule has 112 valence electrons. The normalized spacial score (nSPS) is 12.5. The molecule has 0 aromatic rings. The lowest BCUT2D eigenvalue weighted by Crippen LogP contribution is -2.48. The molecule has 0 spiro atoms. The van der Waals surface area contributed by atoms with E-state index in [9.17, 15) is 4.79 Å². The van der Waals surface area contributed by atoms with Crippen molar-refractivity contribution >= 4 is 11.9 Å². The highest BCUT2D eigenvalue weighted by Gasteiger charge is 2.13. The Hall–Kier alpha value is -1.26. The molecular formula is C14H30N4O. The molecule has 0 radical (unpaired) electrons. The summed E-state index contributed by atoms with van der Waals surface area (Å²) in [5.41, 5.74) is -0.203. The van der Waals surface area contributed by atoms with Crippen LogP contribution in [-0.4, -0.2) is 37.5 Å². The van der Waals surface area contributed by atoms with Gasteiger partial charge in [-0.1, -0.05) is 26.7 Å². The Morgan fingerprint density at radius 1 is 1.16 bits per heavy atom. The lowest BCUT2D eigenvalue weighted by Gasteiger charge is -2.21. The molecule has 0 aliphatic heterocycles. The summed E-state index contributed by atoms with van der Waals surface area (Å²) in [5.74, 6) is 1.29. The minimum absolute atomic E-state index is 0.0296. The van der Waals surface area contributed by atoms with Gasteiger partial charge in [0.05, 0.1) is 6.54 Å². The van der Waals surface area contributed by atoms with Gasteiger partial charge in [-0.05, 0) is 26.7 Å². The summed E-state index contributed by atoms with van der Waals surface area (Å²) >= 11 is 0. The van der Waals surface area contributed by atoms with Gasteiger partial charge in [0.2, 0.25) is 5.91 Å². The second-order valence-corrected chi connectivity index (χ2v) is 5.79. The van der Waals surface area contributed by atoms with Crippen molar-refractivity contribution in [2.75, 3.05) is 20.1 Å². The SMILES string of the molecule is CCC(CC)CNC(=NC)NCC(=O)NC(C)(C)C. The molecule has 5 nitrogen and oxygen atoms in total. The molecule has 0 bridgehead atoms. The van der Waals surface area contributed by atoms with Gasteiger partial charge in [0.1, 0.15) is 0 Å². The van der Waals surface area contributed by atoms with Crippen LogP contribution in [0.1, 0.15) is 47.5 Å². The van der Waals surface area contributed by atoms with Crippen LogP contribution in [0.15, 0.2) is 4.99 Å². The Balaban J connectivity index is 4.05. The molecule has 0 unspecified atom stereocenters. The maximum Gasteiger partial charge on any atom is 0.239 e. The van der Waals surface area contributed by atoms with E-state index < -0.39 is 0 Å². The van der Waals surface area contributed by atoms with Crippen molar-refractivity contribution < 1.29 is 4.79 Å². The topological polar surface area (TPSA) is 65.5 Å². The maximum atomic E-state index is 11.7. The summed E-state index contributed by atoms with van der Waals surface area (Å²) in [7, 11) is 1.71. The first-order valence-electron chi connectivity index (χ1n) is 7.07. The quantitative estimate of drug-likeness (QED) is 0.506. The zero-order valence-electron chi connectivity index (χ0n) is 13.3. The fourth-order valence-corrected chi connectivity index (χ4v) is 1.67. The van der Waals surface area contributed by atoms with Crippen LogP contribution in [0.25, 0.3) is 0 Å². The van der Waals surface area contributed by atoms with Crippen LogP contribution in [0.3, 0.4) is 0 Å². The van der Waals surface area contributed by atoms with Crippen molar-refractivity contribution in [2.24, 2.45) is 10.9 Å². The van der Waals surface area contributed by atoms with Gasteiger partial charge in [0.15, 0.2) is 5.96 Å². The summed E-state index contributed by atoms with van der Waals surface area (Å²) in [6, 6.07) is 0. The van der Waals surface area contributed by atoms with E-state index in [-0.39, 0.29) is 18.0 Å². The van der Waals surface area contributed by atoms with Crippen LogP contribution < -0.4 is 16.0 Å². The molecule has 0 saturated carbocycles. The minimum Gasteiger partial charge on any atom is -0.356 e. The van der Waals surface area contributed by atoms with Crippen molar-refractivity contribution in [3.05, 3.63) is 0 Å². The van der Waals surface area contributed by atoms with Gasteiger partial charge >= 0.3 is 0 Å². The molecule has 5 heteroatoms. The highest BCUT2D eigenvalue weighted by molar-refractivity contribution is 5.86. The van der Waals surface area contributed by atoms with Gasteiger partial charge in [-0.25, -0.2) is 0 Å². The highest BCUT2D eigenvalue weighted by Crippen LogP contribution is 2.04. The van der Waals surface area contributed by atoms with E-state index in [1.54, 1.807) is 7.05 Å². The molecular weight excluding hydrogens is 240 g/mol. The third kappa shape index (κ3) is 9.33. The summed E-state index contributed by atoms with van der Waals surface area (Å²) in [5, 5.41) is 9.17. The molecule has 0 aromatic heterocycles. The summed E-state index contributed by atoms with van der Waals surface area (Å²) < 4.78 is 0. The molecule has 19 heavy (non-hydrogen) atoms. The molecule has 0 heterocycles. The first kappa shape index (κ1) is 17.7. The number of hydrogen-bond acceptors (Lipinski definition) is 2. The van der Waals surface area contributed by atoms with Gasteiger partial charge in [-0.3, -0.25) is 9.79 Å². The fourth-order valence-electron chi connectivity index (χ4n) is 1.67. The van der Waals surface area contributed by atoms with Crippen molar-refractivity contribution in [2.45, 2.75) is 53.0 Å². The van der Waals surface area contributed by atoms with Crippen LogP contribution in [0.2, 0.25) is 0 Å². The van der Waals surface area contributed by atoms with Crippen LogP contribution in [0.4, 0.5) is 0 Å². The predicted octanol–water partition coefficient (Wildman–Crippen LogP) is 1.50. The van der Waals surface area contributed by atoms with Crippen molar-refractivity contribution in [3.63, 3.8) is 0 Å². The summed E-state index contributed by atoms with van der Waals surface area (Å²) in [6.07, 6.45) is 2.29. The molecule has 0 aromatic carbocycles. The summed E-state index contributed by atoms with van der Waals surface area (Å²) in [6.45, 7) is 11.4. The molecule has 0 fully saturated rings. The van der Waals surface area contributed by atoms with Crippen molar-refractivity contribution in [1.29, 1.82) is 0 Å². The highest BCUT2D eigenvalue weighted by atomic mass is 16.2. The fraction of sp³-hybridized carbons (Fsp3) is 0.857. The second-order valence-electron chi connectivity index (χ2n) is 5.79. The van der Waals surface area contributed by atoms with Crippen molar-refractivity contribution in [3.8, 4) is 0 Å². The molecule has 0 aliphatic carbocycles.